The van der Waals surface area contributed by atoms with Crippen LogP contribution in [-0.2, 0) is 11.3 Å². The molecule has 2 aromatic rings. The van der Waals surface area contributed by atoms with E-state index in [0.29, 0.717) is 19.8 Å². The Hall–Kier alpha value is -1.59. The number of ether oxygens (including phenoxy) is 2. The number of aromatic nitrogens is 1. The van der Waals surface area contributed by atoms with Gasteiger partial charge in [-0.1, -0.05) is 6.07 Å². The second-order valence-electron chi connectivity index (χ2n) is 4.71. The third-order valence-corrected chi connectivity index (χ3v) is 3.36. The van der Waals surface area contributed by atoms with Crippen LogP contribution in [0.5, 0.6) is 5.75 Å². The van der Waals surface area contributed by atoms with Crippen molar-refractivity contribution in [3.8, 4) is 5.75 Å². The second kappa shape index (κ2) is 8.00. The fourth-order valence-corrected chi connectivity index (χ4v) is 2.29. The summed E-state index contributed by atoms with van der Waals surface area (Å²) in [6.07, 6.45) is 3.62. The number of rotatable bonds is 7. The first-order valence-corrected chi connectivity index (χ1v) is 7.54. The van der Waals surface area contributed by atoms with Crippen molar-refractivity contribution in [3.05, 3.63) is 52.3 Å². The van der Waals surface area contributed by atoms with E-state index in [-0.39, 0.29) is 0 Å². The zero-order valence-electron chi connectivity index (χ0n) is 12.2. The van der Waals surface area contributed by atoms with Crippen LogP contribution in [0.25, 0.3) is 0 Å². The van der Waals surface area contributed by atoms with Crippen LogP contribution in [0.1, 0.15) is 11.1 Å². The zero-order valence-corrected chi connectivity index (χ0v) is 13.8. The molecule has 2 rings (SSSR count). The van der Waals surface area contributed by atoms with Gasteiger partial charge in [-0.15, -0.1) is 0 Å². The summed E-state index contributed by atoms with van der Waals surface area (Å²) >= 11 is 3.43. The summed E-state index contributed by atoms with van der Waals surface area (Å²) < 4.78 is 11.7. The van der Waals surface area contributed by atoms with E-state index in [2.05, 4.69) is 32.3 Å². The van der Waals surface area contributed by atoms with E-state index in [1.807, 2.05) is 31.3 Å². The fraction of sp³-hybridized carbons (Fsp3) is 0.312. The van der Waals surface area contributed by atoms with Crippen LogP contribution in [0.15, 0.2) is 41.1 Å². The minimum absolute atomic E-state index is 0.535. The molecule has 0 atom stereocenters. The first-order chi connectivity index (χ1) is 10.2. The van der Waals surface area contributed by atoms with Crippen molar-refractivity contribution in [2.24, 2.45) is 0 Å². The van der Waals surface area contributed by atoms with Crippen LogP contribution in [0.3, 0.4) is 0 Å². The average molecular weight is 351 g/mol. The molecule has 0 fully saturated rings. The summed E-state index contributed by atoms with van der Waals surface area (Å²) in [5.74, 6) is 0.843. The third kappa shape index (κ3) is 5.02. The predicted molar refractivity (Wildman–Crippen MR) is 87.8 cm³/mol. The first kappa shape index (κ1) is 15.8. The standard InChI is InChI=1S/C16H19BrN2O2/c1-12-3-4-15(16(7-12)21-6-5-20-2)19-10-13-8-14(17)11-18-9-13/h3-4,7-9,11,19H,5-6,10H2,1-2H3. The largest absolute Gasteiger partial charge is 0.489 e. The molecule has 0 aliphatic rings. The van der Waals surface area contributed by atoms with Crippen LogP contribution in [0.2, 0.25) is 0 Å². The number of hydrogen-bond acceptors (Lipinski definition) is 4. The van der Waals surface area contributed by atoms with Crippen molar-refractivity contribution in [1.29, 1.82) is 0 Å². The van der Waals surface area contributed by atoms with Gasteiger partial charge in [0.25, 0.3) is 0 Å². The van der Waals surface area contributed by atoms with Crippen LogP contribution >= 0.6 is 15.9 Å². The van der Waals surface area contributed by atoms with E-state index in [4.69, 9.17) is 9.47 Å². The molecule has 0 amide bonds. The van der Waals surface area contributed by atoms with Gasteiger partial charge in [-0.25, -0.2) is 0 Å². The number of halogens is 1. The highest BCUT2D eigenvalue weighted by atomic mass is 79.9. The van der Waals surface area contributed by atoms with Crippen molar-refractivity contribution in [3.63, 3.8) is 0 Å². The van der Waals surface area contributed by atoms with Crippen LogP contribution in [-0.4, -0.2) is 25.3 Å². The number of aryl methyl sites for hydroxylation is 1. The van der Waals surface area contributed by atoms with Crippen LogP contribution in [0.4, 0.5) is 5.69 Å². The number of nitrogens with one attached hydrogen (secondary N) is 1. The van der Waals surface area contributed by atoms with Crippen molar-refractivity contribution in [1.82, 2.24) is 4.98 Å². The molecule has 0 aliphatic heterocycles. The molecule has 112 valence electrons. The van der Waals surface area contributed by atoms with Gasteiger partial charge in [0.15, 0.2) is 0 Å². The molecule has 5 heteroatoms. The molecule has 1 aromatic heterocycles. The maximum Gasteiger partial charge on any atom is 0.142 e. The average Bonchev–Trinajstić information content (AvgIpc) is 2.47. The number of pyridine rings is 1. The smallest absolute Gasteiger partial charge is 0.142 e. The molecule has 0 bridgehead atoms. The van der Waals surface area contributed by atoms with E-state index < -0.39 is 0 Å². The van der Waals surface area contributed by atoms with Gasteiger partial charge in [0.2, 0.25) is 0 Å². The fourth-order valence-electron chi connectivity index (χ4n) is 1.88. The minimum atomic E-state index is 0.535. The molecular formula is C16H19BrN2O2. The van der Waals surface area contributed by atoms with Gasteiger partial charge < -0.3 is 14.8 Å². The Morgan fingerprint density at radius 1 is 1.19 bits per heavy atom. The molecule has 0 radical (unpaired) electrons. The molecule has 1 aromatic carbocycles. The summed E-state index contributed by atoms with van der Waals surface area (Å²) in [5.41, 5.74) is 3.24. The highest BCUT2D eigenvalue weighted by Crippen LogP contribution is 2.26. The number of hydrogen-bond donors (Lipinski definition) is 1. The molecule has 0 unspecified atom stereocenters. The van der Waals surface area contributed by atoms with Gasteiger partial charge in [0.1, 0.15) is 12.4 Å². The molecule has 21 heavy (non-hydrogen) atoms. The summed E-state index contributed by atoms with van der Waals surface area (Å²) in [7, 11) is 1.67. The van der Waals surface area contributed by atoms with Gasteiger partial charge in [0.05, 0.1) is 12.3 Å². The van der Waals surface area contributed by atoms with Crippen molar-refractivity contribution >= 4 is 21.6 Å². The van der Waals surface area contributed by atoms with Crippen LogP contribution < -0.4 is 10.1 Å². The molecule has 1 N–H and O–H groups in total. The quantitative estimate of drug-likeness (QED) is 0.771. The van der Waals surface area contributed by atoms with Crippen molar-refractivity contribution in [2.75, 3.05) is 25.6 Å². The maximum atomic E-state index is 5.76. The summed E-state index contributed by atoms with van der Waals surface area (Å²) in [6.45, 7) is 3.84. The Balaban J connectivity index is 2.04. The molecule has 0 spiro atoms. The first-order valence-electron chi connectivity index (χ1n) is 6.74. The lowest BCUT2D eigenvalue weighted by molar-refractivity contribution is 0.146. The SMILES string of the molecule is COCCOc1cc(C)ccc1NCc1cncc(Br)c1. The van der Waals surface area contributed by atoms with E-state index in [0.717, 1.165) is 27.0 Å². The third-order valence-electron chi connectivity index (χ3n) is 2.93. The van der Waals surface area contributed by atoms with E-state index >= 15 is 0 Å². The summed E-state index contributed by atoms with van der Waals surface area (Å²) in [5, 5.41) is 3.38. The highest BCUT2D eigenvalue weighted by molar-refractivity contribution is 9.10. The summed E-state index contributed by atoms with van der Waals surface area (Å²) in [6, 6.07) is 8.16. The lowest BCUT2D eigenvalue weighted by atomic mass is 10.2. The highest BCUT2D eigenvalue weighted by Gasteiger charge is 2.04. The normalized spacial score (nSPS) is 10.4. The Labute approximate surface area is 133 Å². The van der Waals surface area contributed by atoms with Gasteiger partial charge in [-0.2, -0.15) is 0 Å². The predicted octanol–water partition coefficient (Wildman–Crippen LogP) is 3.79. The van der Waals surface area contributed by atoms with E-state index in [1.54, 1.807) is 13.3 Å². The monoisotopic (exact) mass is 350 g/mol. The lowest BCUT2D eigenvalue weighted by Crippen LogP contribution is -2.07. The Morgan fingerprint density at radius 3 is 2.81 bits per heavy atom. The number of benzene rings is 1. The summed E-state index contributed by atoms with van der Waals surface area (Å²) in [4.78, 5) is 4.16. The number of methoxy groups -OCH3 is 1. The Morgan fingerprint density at radius 2 is 2.05 bits per heavy atom. The van der Waals surface area contributed by atoms with E-state index in [1.165, 1.54) is 0 Å². The molecule has 0 saturated carbocycles. The Bertz CT molecular complexity index is 590. The van der Waals surface area contributed by atoms with Crippen molar-refractivity contribution < 1.29 is 9.47 Å². The van der Waals surface area contributed by atoms with Gasteiger partial charge in [-0.3, -0.25) is 4.98 Å². The van der Waals surface area contributed by atoms with Gasteiger partial charge >= 0.3 is 0 Å². The minimum Gasteiger partial charge on any atom is -0.489 e. The van der Waals surface area contributed by atoms with Gasteiger partial charge in [-0.05, 0) is 52.2 Å². The zero-order chi connectivity index (χ0) is 15.1. The van der Waals surface area contributed by atoms with E-state index in [9.17, 15) is 0 Å². The molecule has 4 nitrogen and oxygen atoms in total. The van der Waals surface area contributed by atoms with Gasteiger partial charge in [0, 0.05) is 30.5 Å². The molecular weight excluding hydrogens is 332 g/mol. The Kier molecular flexibility index (Phi) is 6.02. The molecule has 0 aliphatic carbocycles. The second-order valence-corrected chi connectivity index (χ2v) is 5.62. The molecule has 1 heterocycles. The van der Waals surface area contributed by atoms with Crippen molar-refractivity contribution in [2.45, 2.75) is 13.5 Å². The topological polar surface area (TPSA) is 43.4 Å². The maximum absolute atomic E-state index is 5.76. The molecule has 0 saturated heterocycles. The lowest BCUT2D eigenvalue weighted by Gasteiger charge is -2.14. The number of nitrogens with zero attached hydrogens (tertiary/aromatic N) is 1. The number of anilines is 1. The van der Waals surface area contributed by atoms with Crippen LogP contribution in [0, 0.1) is 6.92 Å².